The molecular weight excluding hydrogens is 232 g/mol. The second-order valence-electron chi connectivity index (χ2n) is 5.74. The average molecular weight is 258 g/mol. The van der Waals surface area contributed by atoms with Gasteiger partial charge in [0.15, 0.2) is 0 Å². The highest BCUT2D eigenvalue weighted by molar-refractivity contribution is 5.71. The van der Waals surface area contributed by atoms with Crippen molar-refractivity contribution in [1.29, 1.82) is 0 Å². The van der Waals surface area contributed by atoms with Crippen LogP contribution in [0, 0.1) is 11.8 Å². The summed E-state index contributed by atoms with van der Waals surface area (Å²) >= 11 is 0. The van der Waals surface area contributed by atoms with Crippen molar-refractivity contribution < 1.29 is 19.7 Å². The summed E-state index contributed by atoms with van der Waals surface area (Å²) in [7, 11) is 0. The van der Waals surface area contributed by atoms with E-state index < -0.39 is 17.5 Å². The number of carboxylic acid groups (broad SMARTS) is 1. The predicted octanol–water partition coefficient (Wildman–Crippen LogP) is 2.44. The number of carboxylic acids is 1. The predicted molar refractivity (Wildman–Crippen MR) is 69.4 cm³/mol. The molecule has 1 saturated heterocycles. The Balaban J connectivity index is 2.77. The van der Waals surface area contributed by atoms with Gasteiger partial charge in [0, 0.05) is 19.4 Å². The lowest BCUT2D eigenvalue weighted by atomic mass is 9.75. The van der Waals surface area contributed by atoms with Crippen molar-refractivity contribution in [2.75, 3.05) is 6.61 Å². The highest BCUT2D eigenvalue weighted by Gasteiger charge is 2.45. The van der Waals surface area contributed by atoms with Gasteiger partial charge in [0.25, 0.3) is 0 Å². The topological polar surface area (TPSA) is 66.8 Å². The SMILES string of the molecule is CCCCC(C(=O)O)C1(O)CCOC(C(C)C)C1. The van der Waals surface area contributed by atoms with E-state index in [0.29, 0.717) is 31.8 Å². The highest BCUT2D eigenvalue weighted by atomic mass is 16.5. The monoisotopic (exact) mass is 258 g/mol. The summed E-state index contributed by atoms with van der Waals surface area (Å²) in [5.74, 6) is -1.24. The molecule has 0 bridgehead atoms. The van der Waals surface area contributed by atoms with Crippen molar-refractivity contribution in [2.45, 2.75) is 64.6 Å². The lowest BCUT2D eigenvalue weighted by Gasteiger charge is -2.41. The first-order chi connectivity index (χ1) is 8.40. The standard InChI is InChI=1S/C14H26O4/c1-4-5-6-11(13(15)16)14(17)7-8-18-12(9-14)10(2)3/h10-12,17H,4-9H2,1-3H3,(H,15,16). The van der Waals surface area contributed by atoms with Crippen molar-refractivity contribution in [1.82, 2.24) is 0 Å². The van der Waals surface area contributed by atoms with Gasteiger partial charge in [-0.3, -0.25) is 4.79 Å². The van der Waals surface area contributed by atoms with Crippen LogP contribution in [0.4, 0.5) is 0 Å². The quantitative estimate of drug-likeness (QED) is 0.768. The van der Waals surface area contributed by atoms with Crippen molar-refractivity contribution in [3.63, 3.8) is 0 Å². The summed E-state index contributed by atoms with van der Waals surface area (Å²) < 4.78 is 5.62. The van der Waals surface area contributed by atoms with Gasteiger partial charge < -0.3 is 14.9 Å². The number of rotatable bonds is 6. The maximum absolute atomic E-state index is 11.4. The van der Waals surface area contributed by atoms with Gasteiger partial charge in [-0.05, 0) is 12.3 Å². The van der Waals surface area contributed by atoms with Gasteiger partial charge in [-0.15, -0.1) is 0 Å². The highest BCUT2D eigenvalue weighted by Crippen LogP contribution is 2.36. The molecule has 2 N–H and O–H groups in total. The van der Waals surface area contributed by atoms with Gasteiger partial charge in [0.05, 0.1) is 17.6 Å². The fourth-order valence-corrected chi connectivity index (χ4v) is 2.67. The molecule has 0 amide bonds. The largest absolute Gasteiger partial charge is 0.481 e. The van der Waals surface area contributed by atoms with E-state index in [2.05, 4.69) is 0 Å². The van der Waals surface area contributed by atoms with Gasteiger partial charge in [0.2, 0.25) is 0 Å². The molecule has 1 heterocycles. The van der Waals surface area contributed by atoms with E-state index in [1.807, 2.05) is 20.8 Å². The summed E-state index contributed by atoms with van der Waals surface area (Å²) in [5, 5.41) is 20.0. The summed E-state index contributed by atoms with van der Waals surface area (Å²) in [6.07, 6.45) is 3.17. The molecule has 1 aliphatic heterocycles. The molecule has 0 spiro atoms. The Morgan fingerprint density at radius 3 is 2.67 bits per heavy atom. The molecule has 0 aliphatic carbocycles. The first-order valence-corrected chi connectivity index (χ1v) is 6.97. The smallest absolute Gasteiger partial charge is 0.309 e. The zero-order chi connectivity index (χ0) is 13.8. The molecule has 0 aromatic carbocycles. The Morgan fingerprint density at radius 1 is 1.50 bits per heavy atom. The van der Waals surface area contributed by atoms with Crippen LogP contribution >= 0.6 is 0 Å². The van der Waals surface area contributed by atoms with Crippen molar-refractivity contribution in [3.05, 3.63) is 0 Å². The van der Waals surface area contributed by atoms with Crippen molar-refractivity contribution >= 4 is 5.97 Å². The Bertz CT molecular complexity index is 277. The number of aliphatic hydroxyl groups is 1. The summed E-state index contributed by atoms with van der Waals surface area (Å²) in [6, 6.07) is 0. The fourth-order valence-electron chi connectivity index (χ4n) is 2.67. The van der Waals surface area contributed by atoms with E-state index in [4.69, 9.17) is 4.74 Å². The Hall–Kier alpha value is -0.610. The van der Waals surface area contributed by atoms with Gasteiger partial charge in [0.1, 0.15) is 0 Å². The molecular formula is C14H26O4. The van der Waals surface area contributed by atoms with Crippen LogP contribution in [0.5, 0.6) is 0 Å². The molecule has 106 valence electrons. The van der Waals surface area contributed by atoms with E-state index in [1.165, 1.54) is 0 Å². The summed E-state index contributed by atoms with van der Waals surface area (Å²) in [5.41, 5.74) is -1.10. The van der Waals surface area contributed by atoms with Gasteiger partial charge in [-0.1, -0.05) is 33.6 Å². The van der Waals surface area contributed by atoms with E-state index >= 15 is 0 Å². The molecule has 18 heavy (non-hydrogen) atoms. The molecule has 4 nitrogen and oxygen atoms in total. The third-order valence-electron chi connectivity index (χ3n) is 3.96. The zero-order valence-electron chi connectivity index (χ0n) is 11.7. The zero-order valence-corrected chi connectivity index (χ0v) is 11.7. The number of ether oxygens (including phenoxy) is 1. The van der Waals surface area contributed by atoms with Crippen LogP contribution in [0.2, 0.25) is 0 Å². The van der Waals surface area contributed by atoms with E-state index in [0.717, 1.165) is 12.8 Å². The van der Waals surface area contributed by atoms with Crippen LogP contribution < -0.4 is 0 Å². The molecule has 0 radical (unpaired) electrons. The third kappa shape index (κ3) is 3.69. The van der Waals surface area contributed by atoms with E-state index in [-0.39, 0.29) is 6.10 Å². The average Bonchev–Trinajstić information content (AvgIpc) is 2.28. The lowest BCUT2D eigenvalue weighted by Crippen LogP contribution is -2.50. The van der Waals surface area contributed by atoms with E-state index in [9.17, 15) is 15.0 Å². The number of carbonyl (C=O) groups is 1. The summed E-state index contributed by atoms with van der Waals surface area (Å²) in [6.45, 7) is 6.57. The van der Waals surface area contributed by atoms with Crippen LogP contribution in [0.1, 0.15) is 52.9 Å². The minimum Gasteiger partial charge on any atom is -0.481 e. The minimum absolute atomic E-state index is 0.0350. The molecule has 1 fully saturated rings. The Kier molecular flexibility index (Phi) is 5.60. The molecule has 4 heteroatoms. The maximum atomic E-state index is 11.4. The molecule has 0 aromatic rings. The van der Waals surface area contributed by atoms with Crippen LogP contribution in [0.15, 0.2) is 0 Å². The van der Waals surface area contributed by atoms with Crippen LogP contribution in [-0.2, 0) is 9.53 Å². The Morgan fingerprint density at radius 2 is 2.17 bits per heavy atom. The van der Waals surface area contributed by atoms with Crippen molar-refractivity contribution in [2.24, 2.45) is 11.8 Å². The second kappa shape index (κ2) is 6.53. The normalized spacial score (nSPS) is 30.4. The van der Waals surface area contributed by atoms with Gasteiger partial charge in [-0.25, -0.2) is 0 Å². The first-order valence-electron chi connectivity index (χ1n) is 6.97. The van der Waals surface area contributed by atoms with Gasteiger partial charge >= 0.3 is 5.97 Å². The first kappa shape index (κ1) is 15.4. The molecule has 0 saturated carbocycles. The number of hydrogen-bond acceptors (Lipinski definition) is 3. The minimum atomic E-state index is -1.10. The number of hydrogen-bond donors (Lipinski definition) is 2. The fraction of sp³-hybridized carbons (Fsp3) is 0.929. The molecule has 0 aromatic heterocycles. The maximum Gasteiger partial charge on any atom is 0.309 e. The molecule has 1 rings (SSSR count). The van der Waals surface area contributed by atoms with Crippen molar-refractivity contribution in [3.8, 4) is 0 Å². The molecule has 1 aliphatic rings. The third-order valence-corrected chi connectivity index (χ3v) is 3.96. The van der Waals surface area contributed by atoms with Crippen LogP contribution in [0.3, 0.4) is 0 Å². The van der Waals surface area contributed by atoms with Crippen LogP contribution in [0.25, 0.3) is 0 Å². The van der Waals surface area contributed by atoms with E-state index in [1.54, 1.807) is 0 Å². The second-order valence-corrected chi connectivity index (χ2v) is 5.74. The van der Waals surface area contributed by atoms with Gasteiger partial charge in [-0.2, -0.15) is 0 Å². The molecule has 3 atom stereocenters. The van der Waals surface area contributed by atoms with Crippen LogP contribution in [-0.4, -0.2) is 34.5 Å². The lowest BCUT2D eigenvalue weighted by molar-refractivity contribution is -0.172. The Labute approximate surface area is 109 Å². The molecule has 3 unspecified atom stereocenters. The number of aliphatic carboxylic acids is 1. The number of unbranched alkanes of at least 4 members (excludes halogenated alkanes) is 1. The summed E-state index contributed by atoms with van der Waals surface area (Å²) in [4.78, 5) is 11.4.